The Morgan fingerprint density at radius 1 is 1.15 bits per heavy atom. The first-order valence-corrected chi connectivity index (χ1v) is 8.66. The summed E-state index contributed by atoms with van der Waals surface area (Å²) in [6.07, 6.45) is 0.742. The van der Waals surface area contributed by atoms with E-state index in [0.717, 1.165) is 13.0 Å². The van der Waals surface area contributed by atoms with Crippen LogP contribution in [-0.4, -0.2) is 57.1 Å². The monoisotopic (exact) mass is 383 g/mol. The molecule has 8 heteroatoms. The van der Waals surface area contributed by atoms with Crippen molar-refractivity contribution in [3.63, 3.8) is 0 Å². The molecule has 1 aromatic carbocycles. The van der Waals surface area contributed by atoms with Gasteiger partial charge >= 0.3 is 18.0 Å². The number of rotatable bonds is 2. The number of amides is 1. The molecule has 1 aromatic rings. The lowest BCUT2D eigenvalue weighted by atomic mass is 10.0. The maximum Gasteiger partial charge on any atom is 0.410 e. The second-order valence-electron chi connectivity index (χ2n) is 6.96. The number of hydrogen-bond acceptors (Lipinski definition) is 5. The number of ether oxygens (including phenoxy) is 1. The van der Waals surface area contributed by atoms with Gasteiger partial charge in [0, 0.05) is 18.3 Å². The van der Waals surface area contributed by atoms with E-state index in [4.69, 9.17) is 14.9 Å². The molecular formula is C18H25NO6S. The average molecular weight is 383 g/mol. The molecule has 0 saturated carbocycles. The molecule has 1 unspecified atom stereocenters. The van der Waals surface area contributed by atoms with Crippen molar-refractivity contribution >= 4 is 30.7 Å². The molecule has 2 N–H and O–H groups in total. The van der Waals surface area contributed by atoms with Crippen LogP contribution in [0.1, 0.15) is 53.5 Å². The number of likely N-dealkylation sites (tertiary alicyclic amines) is 1. The summed E-state index contributed by atoms with van der Waals surface area (Å²) < 4.78 is 5.22. The second-order valence-corrected chi connectivity index (χ2v) is 7.69. The number of benzene rings is 1. The summed E-state index contributed by atoms with van der Waals surface area (Å²) in [6.45, 7) is 8.57. The molecule has 1 heterocycles. The van der Waals surface area contributed by atoms with Crippen LogP contribution in [0.5, 0.6) is 0 Å². The summed E-state index contributed by atoms with van der Waals surface area (Å²) in [5, 5.41) is 17.7. The lowest BCUT2D eigenvalue weighted by Gasteiger charge is -2.24. The van der Waals surface area contributed by atoms with Crippen molar-refractivity contribution in [3.05, 3.63) is 34.9 Å². The standard InChI is InChI=1S/C9H17NO2S.C9H8O4/c1-9(2,3)12-8(11)10-5-4-7(13)6-10;1-5-6(8(10)11)3-2-4-7(5)9(12)13/h7,13H,4-6H2,1-3H3;2-4H,1H3,(H,10,11)(H,12,13). The van der Waals surface area contributed by atoms with Crippen LogP contribution in [0, 0.1) is 6.92 Å². The van der Waals surface area contributed by atoms with E-state index in [0.29, 0.717) is 11.8 Å². The van der Waals surface area contributed by atoms with Gasteiger partial charge in [-0.15, -0.1) is 0 Å². The Kier molecular flexibility index (Phi) is 7.50. The molecule has 1 fully saturated rings. The van der Waals surface area contributed by atoms with E-state index in [1.54, 1.807) is 4.90 Å². The molecular weight excluding hydrogens is 358 g/mol. The Morgan fingerprint density at radius 3 is 2.00 bits per heavy atom. The number of carbonyl (C=O) groups is 3. The molecule has 26 heavy (non-hydrogen) atoms. The van der Waals surface area contributed by atoms with Crippen LogP contribution in [-0.2, 0) is 4.74 Å². The smallest absolute Gasteiger partial charge is 0.410 e. The fourth-order valence-electron chi connectivity index (χ4n) is 2.33. The van der Waals surface area contributed by atoms with Gasteiger partial charge in [-0.25, -0.2) is 14.4 Å². The van der Waals surface area contributed by atoms with Crippen LogP contribution in [0.15, 0.2) is 18.2 Å². The Labute approximate surface area is 158 Å². The van der Waals surface area contributed by atoms with E-state index in [1.165, 1.54) is 25.1 Å². The number of hydrogen-bond donors (Lipinski definition) is 3. The predicted molar refractivity (Wildman–Crippen MR) is 100 cm³/mol. The highest BCUT2D eigenvalue weighted by molar-refractivity contribution is 7.81. The predicted octanol–water partition coefficient (Wildman–Crippen LogP) is 3.32. The van der Waals surface area contributed by atoms with Gasteiger partial charge in [-0.05, 0) is 51.8 Å². The zero-order chi connectivity index (χ0) is 20.1. The molecule has 2 rings (SSSR count). The van der Waals surface area contributed by atoms with Crippen molar-refractivity contribution in [1.82, 2.24) is 4.90 Å². The van der Waals surface area contributed by atoms with E-state index in [9.17, 15) is 14.4 Å². The zero-order valence-electron chi connectivity index (χ0n) is 15.4. The minimum Gasteiger partial charge on any atom is -0.478 e. The van der Waals surface area contributed by atoms with E-state index < -0.39 is 17.5 Å². The molecule has 144 valence electrons. The molecule has 1 aliphatic rings. The normalized spacial score (nSPS) is 16.5. The van der Waals surface area contributed by atoms with Crippen molar-refractivity contribution in [2.45, 2.75) is 45.0 Å². The first-order chi connectivity index (χ1) is 11.9. The van der Waals surface area contributed by atoms with Gasteiger partial charge in [-0.3, -0.25) is 0 Å². The summed E-state index contributed by atoms with van der Waals surface area (Å²) in [5.74, 6) is -2.22. The van der Waals surface area contributed by atoms with Gasteiger partial charge in [0.05, 0.1) is 11.1 Å². The highest BCUT2D eigenvalue weighted by Gasteiger charge is 2.27. The van der Waals surface area contributed by atoms with Crippen molar-refractivity contribution < 1.29 is 29.3 Å². The van der Waals surface area contributed by atoms with Gasteiger partial charge in [0.25, 0.3) is 0 Å². The SMILES string of the molecule is CC(C)(C)OC(=O)N1CCC(S)C1.Cc1c(C(=O)O)cccc1C(=O)O. The highest BCUT2D eigenvalue weighted by Crippen LogP contribution is 2.17. The van der Waals surface area contributed by atoms with Gasteiger partial charge in [0.15, 0.2) is 0 Å². The zero-order valence-corrected chi connectivity index (χ0v) is 16.2. The average Bonchev–Trinajstić information content (AvgIpc) is 2.92. The maximum atomic E-state index is 11.5. The molecule has 0 bridgehead atoms. The van der Waals surface area contributed by atoms with Crippen LogP contribution in [0.3, 0.4) is 0 Å². The summed E-state index contributed by atoms with van der Waals surface area (Å²) in [5.41, 5.74) is -0.0616. The molecule has 0 aliphatic carbocycles. The third-order valence-corrected chi connectivity index (χ3v) is 4.03. The fraction of sp³-hybridized carbons (Fsp3) is 0.500. The molecule has 0 radical (unpaired) electrons. The van der Waals surface area contributed by atoms with Gasteiger partial charge in [-0.2, -0.15) is 12.6 Å². The second kappa shape index (κ2) is 8.93. The minimum absolute atomic E-state index is 0.0277. The van der Waals surface area contributed by atoms with Crippen molar-refractivity contribution in [2.75, 3.05) is 13.1 Å². The summed E-state index contributed by atoms with van der Waals surface area (Å²) >= 11 is 4.31. The number of aromatic carboxylic acids is 2. The molecule has 1 amide bonds. The summed E-state index contributed by atoms with van der Waals surface area (Å²) in [4.78, 5) is 34.4. The number of carboxylic acid groups (broad SMARTS) is 2. The quantitative estimate of drug-likeness (QED) is 0.677. The van der Waals surface area contributed by atoms with E-state index >= 15 is 0 Å². The van der Waals surface area contributed by atoms with E-state index in [1.807, 2.05) is 20.8 Å². The topological polar surface area (TPSA) is 104 Å². The van der Waals surface area contributed by atoms with Crippen LogP contribution < -0.4 is 0 Å². The number of thiol groups is 1. The molecule has 0 spiro atoms. The van der Waals surface area contributed by atoms with Gasteiger partial charge in [-0.1, -0.05) is 6.07 Å². The fourth-order valence-corrected chi connectivity index (χ4v) is 2.65. The molecule has 7 nitrogen and oxygen atoms in total. The highest BCUT2D eigenvalue weighted by atomic mass is 32.1. The summed E-state index contributed by atoms with van der Waals surface area (Å²) in [7, 11) is 0. The van der Waals surface area contributed by atoms with Gasteiger partial charge in [0.1, 0.15) is 5.60 Å². The number of carbonyl (C=O) groups excluding carboxylic acids is 1. The lowest BCUT2D eigenvalue weighted by molar-refractivity contribution is 0.0295. The third-order valence-electron chi connectivity index (χ3n) is 3.61. The Hall–Kier alpha value is -2.22. The Balaban J connectivity index is 0.000000260. The molecule has 0 aromatic heterocycles. The van der Waals surface area contributed by atoms with Crippen LogP contribution in [0.2, 0.25) is 0 Å². The van der Waals surface area contributed by atoms with Crippen LogP contribution >= 0.6 is 12.6 Å². The maximum absolute atomic E-state index is 11.5. The Bertz CT molecular complexity index is 650. The third kappa shape index (κ3) is 6.59. The largest absolute Gasteiger partial charge is 0.478 e. The number of nitrogens with zero attached hydrogens (tertiary/aromatic N) is 1. The summed E-state index contributed by atoms with van der Waals surface area (Å²) in [6, 6.07) is 4.17. The molecule has 1 atom stereocenters. The van der Waals surface area contributed by atoms with E-state index in [-0.39, 0.29) is 22.8 Å². The van der Waals surface area contributed by atoms with Crippen LogP contribution in [0.25, 0.3) is 0 Å². The van der Waals surface area contributed by atoms with E-state index in [2.05, 4.69) is 12.6 Å². The van der Waals surface area contributed by atoms with Crippen molar-refractivity contribution in [3.8, 4) is 0 Å². The Morgan fingerprint density at radius 2 is 1.65 bits per heavy atom. The molecule has 1 aliphatic heterocycles. The first kappa shape index (κ1) is 21.8. The van der Waals surface area contributed by atoms with Crippen molar-refractivity contribution in [1.29, 1.82) is 0 Å². The first-order valence-electron chi connectivity index (χ1n) is 8.14. The minimum atomic E-state index is -1.11. The van der Waals surface area contributed by atoms with Crippen LogP contribution in [0.4, 0.5) is 4.79 Å². The van der Waals surface area contributed by atoms with Crippen molar-refractivity contribution in [2.24, 2.45) is 0 Å². The lowest BCUT2D eigenvalue weighted by Crippen LogP contribution is -2.35. The number of carboxylic acids is 2. The molecule has 1 saturated heterocycles. The van der Waals surface area contributed by atoms with Gasteiger partial charge in [0.2, 0.25) is 0 Å². The van der Waals surface area contributed by atoms with Gasteiger partial charge < -0.3 is 19.8 Å².